The lowest BCUT2D eigenvalue weighted by atomic mass is 9.80. The van der Waals surface area contributed by atoms with E-state index in [1.165, 1.54) is 9.80 Å². The molecule has 2 aliphatic heterocycles. The summed E-state index contributed by atoms with van der Waals surface area (Å²) in [4.78, 5) is 54.8. The largest absolute Gasteiger partial charge is 0.275 e. The van der Waals surface area contributed by atoms with E-state index in [0.717, 1.165) is 11.1 Å². The molecule has 144 valence electrons. The molecule has 0 aliphatic carbocycles. The minimum absolute atomic E-state index is 0.272. The average molecular weight is 378 g/mol. The highest BCUT2D eigenvalue weighted by molar-refractivity contribution is 6.34. The van der Waals surface area contributed by atoms with Crippen molar-refractivity contribution in [2.45, 2.75) is 40.5 Å². The Balaban J connectivity index is 2.26. The Morgan fingerprint density at radius 1 is 0.607 bits per heavy atom. The molecule has 0 bridgehead atoms. The lowest BCUT2D eigenvalue weighted by Gasteiger charge is -2.33. The van der Waals surface area contributed by atoms with Gasteiger partial charge in [-0.3, -0.25) is 29.0 Å². The van der Waals surface area contributed by atoms with Gasteiger partial charge in [-0.25, -0.2) is 0 Å². The molecule has 28 heavy (non-hydrogen) atoms. The molecular formula is C22H22N2O4. The zero-order valence-electron chi connectivity index (χ0n) is 16.5. The third-order valence-electron chi connectivity index (χ3n) is 5.83. The van der Waals surface area contributed by atoms with Crippen molar-refractivity contribution in [3.8, 4) is 0 Å². The molecule has 2 aliphatic rings. The molecule has 6 heteroatoms. The van der Waals surface area contributed by atoms with Crippen LogP contribution >= 0.6 is 0 Å². The lowest BCUT2D eigenvalue weighted by Crippen LogP contribution is -2.44. The van der Waals surface area contributed by atoms with Gasteiger partial charge in [-0.1, -0.05) is 13.8 Å². The number of aryl methyl sites for hydroxylation is 2. The van der Waals surface area contributed by atoms with Crippen LogP contribution in [0.4, 0.5) is 0 Å². The fraction of sp³-hybridized carbons (Fsp3) is 0.364. The number of amides is 4. The monoisotopic (exact) mass is 378 g/mol. The molecule has 0 atom stereocenters. The predicted molar refractivity (Wildman–Crippen MR) is 105 cm³/mol. The Bertz CT molecular complexity index is 1010. The van der Waals surface area contributed by atoms with Gasteiger partial charge in [0, 0.05) is 35.0 Å². The first-order valence-corrected chi connectivity index (χ1v) is 9.78. The van der Waals surface area contributed by atoms with Crippen molar-refractivity contribution in [3.05, 3.63) is 45.5 Å². The van der Waals surface area contributed by atoms with E-state index in [1.807, 2.05) is 13.8 Å². The van der Waals surface area contributed by atoms with Crippen molar-refractivity contribution in [2.24, 2.45) is 0 Å². The van der Waals surface area contributed by atoms with Gasteiger partial charge in [0.1, 0.15) is 0 Å². The predicted octanol–water partition coefficient (Wildman–Crippen LogP) is 3.20. The highest BCUT2D eigenvalue weighted by Gasteiger charge is 2.41. The zero-order valence-corrected chi connectivity index (χ0v) is 16.5. The standard InChI is InChI=1S/C22H22N2O4/c1-5-11-9-13-18-16(22(28)24(8-4)19(13)25)12(6-2)10-14-17(18)15(11)21(27)23(7-3)20(14)26/h9-10H,5-8H2,1-4H3. The molecule has 2 aromatic carbocycles. The van der Waals surface area contributed by atoms with Crippen LogP contribution in [0.15, 0.2) is 12.1 Å². The van der Waals surface area contributed by atoms with E-state index < -0.39 is 0 Å². The van der Waals surface area contributed by atoms with Crippen LogP contribution in [0, 0.1) is 0 Å². The van der Waals surface area contributed by atoms with E-state index in [9.17, 15) is 19.2 Å². The number of carbonyl (C=O) groups excluding carboxylic acids is 4. The van der Waals surface area contributed by atoms with Gasteiger partial charge in [0.2, 0.25) is 0 Å². The molecule has 2 aromatic rings. The van der Waals surface area contributed by atoms with Crippen LogP contribution in [0.1, 0.15) is 80.3 Å². The normalized spacial score (nSPS) is 15.9. The SMILES string of the molecule is CCc1cc2c3c(c(CC)cc4c3c1C(=O)N(CC)C4=O)C(=O)N(CC)C2=O. The highest BCUT2D eigenvalue weighted by atomic mass is 16.2. The van der Waals surface area contributed by atoms with Gasteiger partial charge in [0.15, 0.2) is 0 Å². The van der Waals surface area contributed by atoms with Gasteiger partial charge < -0.3 is 0 Å². The van der Waals surface area contributed by atoms with Gasteiger partial charge in [0.05, 0.1) is 11.1 Å². The minimum atomic E-state index is -0.363. The van der Waals surface area contributed by atoms with Crippen LogP contribution in [-0.4, -0.2) is 46.5 Å². The van der Waals surface area contributed by atoms with Gasteiger partial charge in [-0.15, -0.1) is 0 Å². The third-order valence-corrected chi connectivity index (χ3v) is 5.83. The number of hydrogen-bond donors (Lipinski definition) is 0. The summed E-state index contributed by atoms with van der Waals surface area (Å²) in [7, 11) is 0. The van der Waals surface area contributed by atoms with Gasteiger partial charge in [0.25, 0.3) is 23.6 Å². The van der Waals surface area contributed by atoms with Crippen LogP contribution in [0.2, 0.25) is 0 Å². The van der Waals surface area contributed by atoms with Crippen LogP contribution < -0.4 is 0 Å². The number of imide groups is 2. The van der Waals surface area contributed by atoms with Crippen molar-refractivity contribution in [1.82, 2.24) is 9.80 Å². The van der Waals surface area contributed by atoms with Crippen molar-refractivity contribution in [2.75, 3.05) is 13.1 Å². The van der Waals surface area contributed by atoms with Crippen LogP contribution in [0.5, 0.6) is 0 Å². The lowest BCUT2D eigenvalue weighted by molar-refractivity contribution is 0.0596. The third kappa shape index (κ3) is 2.08. The molecule has 0 fully saturated rings. The maximum atomic E-state index is 13.1. The number of rotatable bonds is 4. The van der Waals surface area contributed by atoms with Gasteiger partial charge in [-0.2, -0.15) is 0 Å². The number of hydrogen-bond acceptors (Lipinski definition) is 4. The Morgan fingerprint density at radius 2 is 0.964 bits per heavy atom. The maximum Gasteiger partial charge on any atom is 0.261 e. The molecule has 0 saturated heterocycles. The Morgan fingerprint density at radius 3 is 1.25 bits per heavy atom. The smallest absolute Gasteiger partial charge is 0.261 e. The molecule has 2 heterocycles. The molecule has 0 spiro atoms. The zero-order chi connectivity index (χ0) is 20.3. The topological polar surface area (TPSA) is 74.8 Å². The molecule has 0 unspecified atom stereocenters. The number of benzene rings is 2. The summed E-state index contributed by atoms with van der Waals surface area (Å²) in [6.07, 6.45) is 1.10. The Hall–Kier alpha value is -3.02. The summed E-state index contributed by atoms with van der Waals surface area (Å²) in [6.45, 7) is 7.91. The maximum absolute atomic E-state index is 13.1. The molecular weight excluding hydrogens is 356 g/mol. The molecule has 0 saturated carbocycles. The quantitative estimate of drug-likeness (QED) is 0.766. The van der Waals surface area contributed by atoms with E-state index in [-0.39, 0.29) is 36.7 Å². The Labute approximate surface area is 163 Å². The second-order valence-electron chi connectivity index (χ2n) is 7.08. The first-order valence-electron chi connectivity index (χ1n) is 9.78. The summed E-state index contributed by atoms with van der Waals surface area (Å²) in [5.74, 6) is -1.43. The molecule has 6 nitrogen and oxygen atoms in total. The number of nitrogens with zero attached hydrogens (tertiary/aromatic N) is 2. The number of carbonyl (C=O) groups is 4. The van der Waals surface area contributed by atoms with Crippen molar-refractivity contribution >= 4 is 34.4 Å². The molecule has 4 amide bonds. The van der Waals surface area contributed by atoms with E-state index in [2.05, 4.69) is 0 Å². The first-order chi connectivity index (χ1) is 13.4. The minimum Gasteiger partial charge on any atom is -0.275 e. The molecule has 0 radical (unpaired) electrons. The first kappa shape index (κ1) is 18.3. The van der Waals surface area contributed by atoms with Gasteiger partial charge >= 0.3 is 0 Å². The average Bonchev–Trinajstić information content (AvgIpc) is 2.70. The summed E-state index contributed by atoms with van der Waals surface area (Å²) in [5.41, 5.74) is 3.19. The van der Waals surface area contributed by atoms with E-state index in [4.69, 9.17) is 0 Å². The van der Waals surface area contributed by atoms with E-state index >= 15 is 0 Å². The van der Waals surface area contributed by atoms with Crippen molar-refractivity contribution < 1.29 is 19.2 Å². The van der Waals surface area contributed by atoms with Crippen LogP contribution in [0.3, 0.4) is 0 Å². The molecule has 0 N–H and O–H groups in total. The molecule has 0 aromatic heterocycles. The fourth-order valence-electron chi connectivity index (χ4n) is 4.45. The fourth-order valence-corrected chi connectivity index (χ4v) is 4.45. The second kappa shape index (κ2) is 6.26. The summed E-state index contributed by atoms with van der Waals surface area (Å²) in [6, 6.07) is 3.48. The highest BCUT2D eigenvalue weighted by Crippen LogP contribution is 2.41. The van der Waals surface area contributed by atoms with E-state index in [0.29, 0.717) is 45.9 Å². The summed E-state index contributed by atoms with van der Waals surface area (Å²) in [5, 5.41) is 0.942. The summed E-state index contributed by atoms with van der Waals surface area (Å²) < 4.78 is 0. The molecule has 4 rings (SSSR count). The summed E-state index contributed by atoms with van der Waals surface area (Å²) >= 11 is 0. The Kier molecular flexibility index (Phi) is 4.10. The van der Waals surface area contributed by atoms with Crippen molar-refractivity contribution in [3.63, 3.8) is 0 Å². The van der Waals surface area contributed by atoms with Crippen molar-refractivity contribution in [1.29, 1.82) is 0 Å². The van der Waals surface area contributed by atoms with Crippen LogP contribution in [0.25, 0.3) is 10.8 Å². The second-order valence-corrected chi connectivity index (χ2v) is 7.08. The van der Waals surface area contributed by atoms with Gasteiger partial charge in [-0.05, 0) is 49.9 Å². The van der Waals surface area contributed by atoms with Crippen LogP contribution in [-0.2, 0) is 12.8 Å². The van der Waals surface area contributed by atoms with E-state index in [1.54, 1.807) is 26.0 Å².